The van der Waals surface area contributed by atoms with E-state index >= 15 is 0 Å². The summed E-state index contributed by atoms with van der Waals surface area (Å²) < 4.78 is 9.62. The van der Waals surface area contributed by atoms with Crippen molar-refractivity contribution in [2.24, 2.45) is 0 Å². The zero-order valence-corrected chi connectivity index (χ0v) is 20.2. The molecule has 0 bridgehead atoms. The van der Waals surface area contributed by atoms with Gasteiger partial charge in [-0.1, -0.05) is 0 Å². The first kappa shape index (κ1) is 22.2. The van der Waals surface area contributed by atoms with Crippen LogP contribution >= 0.6 is 18.6 Å². The second-order valence-corrected chi connectivity index (χ2v) is 34.4. The van der Waals surface area contributed by atoms with Gasteiger partial charge < -0.3 is 0 Å². The Bertz CT molecular complexity index is 1000. The number of halogens is 2. The molecule has 2 N–H and O–H groups in total. The Morgan fingerprint density at radius 1 is 1.04 bits per heavy atom. The van der Waals surface area contributed by atoms with E-state index in [1.54, 1.807) is 5.23 Å². The van der Waals surface area contributed by atoms with Crippen molar-refractivity contribution in [2.45, 2.75) is 42.2 Å². The van der Waals surface area contributed by atoms with Crippen LogP contribution in [0, 0.1) is 0 Å². The number of hydrogen-bond donors (Lipinski definition) is 2. The van der Waals surface area contributed by atoms with Crippen molar-refractivity contribution in [1.82, 2.24) is 3.80 Å². The summed E-state index contributed by atoms with van der Waals surface area (Å²) >= 11 is 0. The maximum atomic E-state index is 9.34. The Morgan fingerprint density at radius 3 is 1.93 bits per heavy atom. The third-order valence-corrected chi connectivity index (χ3v) is 17.4. The van der Waals surface area contributed by atoms with Crippen molar-refractivity contribution < 1.29 is 19.2 Å². The Morgan fingerprint density at radius 2 is 1.50 bits per heavy atom. The Kier molecular flexibility index (Phi) is 4.59. The molecule has 0 radical (unpaired) electrons. The topological polar surface area (TPSA) is 41.5 Å². The summed E-state index contributed by atoms with van der Waals surface area (Å²) in [7, 11) is 9.15. The molecule has 0 amide bonds. The number of benzene rings is 2. The molecule has 0 saturated carbocycles. The number of aliphatic hydroxyl groups excluding tert-OH is 1. The standard InChI is InChI=1S/C13H9.C4H10N.C3H7O2.CH3.CH2.2ClH.Ti/c1-3-7-12-10(5-1)9-11-6-2-4-8-13(11)12;1-4(2,3)5;4-2-1-3-5;;;;;/h1-9H;5H,1-3H3;4H,1-3H2;1H3;1H2;2*1H;/q;2*-1;;;;;+4/p-2. The number of hydrogen-bond acceptors (Lipinski definition) is 3. The van der Waals surface area contributed by atoms with Crippen molar-refractivity contribution in [1.29, 1.82) is 0 Å². The van der Waals surface area contributed by atoms with Gasteiger partial charge in [-0.3, -0.25) is 0 Å². The minimum absolute atomic E-state index is 0.00586. The molecule has 0 aromatic heterocycles. The van der Waals surface area contributed by atoms with Crippen molar-refractivity contribution in [3.63, 3.8) is 0 Å². The van der Waals surface area contributed by atoms with Gasteiger partial charge in [0.15, 0.2) is 0 Å². The SMILES string of the molecule is [CH2]=[Ti]([CH3])([Cl])([Cl])([NH]C(C)(C)C)([O]CCCO)[CH]1c2ccccc2-c2ccccc21. The Hall–Kier alpha value is -0.516. The zero-order valence-electron chi connectivity index (χ0n) is 17.1. The molecular weight excluding hydrogens is 429 g/mol. The molecule has 1 aliphatic carbocycles. The van der Waals surface area contributed by atoms with Crippen LogP contribution in [0.2, 0.25) is 5.23 Å². The predicted octanol–water partition coefficient (Wildman–Crippen LogP) is 5.92. The summed E-state index contributed by atoms with van der Waals surface area (Å²) in [6.45, 7) is 6.24. The molecule has 0 atom stereocenters. The predicted molar refractivity (Wildman–Crippen MR) is 119 cm³/mol. The number of fused-ring (bicyclic) bond motifs is 3. The van der Waals surface area contributed by atoms with Crippen molar-refractivity contribution >= 4 is 23.4 Å². The second-order valence-electron chi connectivity index (χ2n) is 10.2. The van der Waals surface area contributed by atoms with Crippen LogP contribution in [0.25, 0.3) is 11.1 Å². The van der Waals surface area contributed by atoms with Crippen molar-refractivity contribution in [3.8, 4) is 11.1 Å². The van der Waals surface area contributed by atoms with Crippen LogP contribution < -0.4 is 3.80 Å². The molecule has 3 nitrogen and oxygen atoms in total. The van der Waals surface area contributed by atoms with Gasteiger partial charge in [-0.05, 0) is 0 Å². The van der Waals surface area contributed by atoms with Gasteiger partial charge in [0, 0.05) is 0 Å². The fourth-order valence-corrected chi connectivity index (χ4v) is 20.2. The Balaban J connectivity index is 2.39. The van der Waals surface area contributed by atoms with Crippen LogP contribution in [0.3, 0.4) is 0 Å². The maximum absolute atomic E-state index is 9.34. The van der Waals surface area contributed by atoms with E-state index in [0.29, 0.717) is 6.42 Å². The van der Waals surface area contributed by atoms with Crippen LogP contribution in [0.5, 0.6) is 0 Å². The van der Waals surface area contributed by atoms with E-state index in [-0.39, 0.29) is 13.2 Å². The minimum atomic E-state index is -6.26. The average molecular weight is 460 g/mol. The van der Waals surface area contributed by atoms with E-state index in [2.05, 4.69) is 32.9 Å². The normalized spacial score (nSPS) is 18.5. The summed E-state index contributed by atoms with van der Waals surface area (Å²) in [4.78, 5) is 4.60. The summed E-state index contributed by atoms with van der Waals surface area (Å²) in [6, 6.07) is 16.3. The van der Waals surface area contributed by atoms with Gasteiger partial charge in [0.25, 0.3) is 0 Å². The third-order valence-electron chi connectivity index (χ3n) is 5.53. The quantitative estimate of drug-likeness (QED) is 0.415. The monoisotopic (exact) mass is 459 g/mol. The summed E-state index contributed by atoms with van der Waals surface area (Å²) in [5, 5.41) is 11.1. The van der Waals surface area contributed by atoms with E-state index < -0.39 is 20.6 Å². The Labute approximate surface area is 172 Å². The van der Waals surface area contributed by atoms with Crippen LogP contribution in [0.4, 0.5) is 0 Å². The first-order valence-corrected chi connectivity index (χ1v) is 19.1. The van der Waals surface area contributed by atoms with Crippen LogP contribution in [0.1, 0.15) is 42.5 Å². The number of rotatable bonds is 6. The first-order valence-electron chi connectivity index (χ1n) is 9.81. The van der Waals surface area contributed by atoms with Gasteiger partial charge in [0.1, 0.15) is 0 Å². The van der Waals surface area contributed by atoms with E-state index in [1.807, 2.05) is 45.0 Å². The van der Waals surface area contributed by atoms with Crippen molar-refractivity contribution in [3.05, 3.63) is 59.7 Å². The molecule has 0 aliphatic heterocycles. The van der Waals surface area contributed by atoms with Gasteiger partial charge in [-0.25, -0.2) is 0 Å². The van der Waals surface area contributed by atoms with E-state index in [9.17, 15) is 5.11 Å². The molecule has 0 heterocycles. The molecule has 0 spiro atoms. The third kappa shape index (κ3) is 3.79. The second kappa shape index (κ2) is 5.79. The van der Waals surface area contributed by atoms with E-state index in [4.69, 9.17) is 21.9 Å². The van der Waals surface area contributed by atoms with E-state index in [1.165, 1.54) is 0 Å². The summed E-state index contributed by atoms with van der Waals surface area (Å²) in [5.41, 5.74) is 3.77. The zero-order chi connectivity index (χ0) is 21.0. The molecular formula is C22H31Cl2NO2Ti. The van der Waals surface area contributed by atoms with Gasteiger partial charge in [-0.15, -0.1) is 0 Å². The van der Waals surface area contributed by atoms with Crippen LogP contribution in [0.15, 0.2) is 48.5 Å². The van der Waals surface area contributed by atoms with Gasteiger partial charge in [0.05, 0.1) is 0 Å². The molecule has 0 fully saturated rings. The molecule has 28 heavy (non-hydrogen) atoms. The molecule has 0 saturated heterocycles. The molecule has 154 valence electrons. The fourth-order valence-electron chi connectivity index (χ4n) is 5.19. The van der Waals surface area contributed by atoms with Crippen LogP contribution in [-0.2, 0) is 14.1 Å². The molecule has 6 heteroatoms. The summed E-state index contributed by atoms with van der Waals surface area (Å²) in [5.74, 6) is 0. The fraction of sp³-hybridized carbons (Fsp3) is 0.409. The van der Waals surface area contributed by atoms with Gasteiger partial charge >= 0.3 is 173 Å². The van der Waals surface area contributed by atoms with E-state index in [0.717, 1.165) is 22.3 Å². The first-order chi connectivity index (χ1) is 12.6. The average Bonchev–Trinajstić information content (AvgIpc) is 2.88. The molecule has 0 unspecified atom stereocenters. The van der Waals surface area contributed by atoms with Gasteiger partial charge in [-0.2, -0.15) is 0 Å². The number of nitrogens with one attached hydrogen (secondary N) is 1. The van der Waals surface area contributed by atoms with Crippen molar-refractivity contribution in [2.75, 3.05) is 13.2 Å². The molecule has 3 rings (SSSR count). The van der Waals surface area contributed by atoms with Crippen LogP contribution in [-0.4, -0.2) is 28.7 Å². The van der Waals surface area contributed by atoms with Gasteiger partial charge in [0.2, 0.25) is 0 Å². The molecule has 1 aliphatic rings. The molecule has 2 aromatic rings. The molecule has 2 aromatic carbocycles. The number of aliphatic hydroxyl groups is 1. The summed E-state index contributed by atoms with van der Waals surface area (Å²) in [6.07, 6.45) is 0.428.